The van der Waals surface area contributed by atoms with E-state index in [1.165, 1.54) is 21.9 Å². The minimum atomic E-state index is -0.170. The molecule has 0 spiro atoms. The van der Waals surface area contributed by atoms with Crippen molar-refractivity contribution >= 4 is 11.3 Å². The summed E-state index contributed by atoms with van der Waals surface area (Å²) in [6.45, 7) is 2.10. The fourth-order valence-corrected chi connectivity index (χ4v) is 2.31. The Labute approximate surface area is 87.0 Å². The molecule has 1 aromatic heterocycles. The van der Waals surface area contributed by atoms with Gasteiger partial charge in [-0.1, -0.05) is 12.1 Å². The third-order valence-electron chi connectivity index (χ3n) is 2.09. The predicted octanol–water partition coefficient (Wildman–Crippen LogP) is 3.79. The number of hydrogen-bond donors (Lipinski definition) is 0. The third kappa shape index (κ3) is 2.20. The van der Waals surface area contributed by atoms with Gasteiger partial charge in [-0.05, 0) is 36.8 Å². The van der Waals surface area contributed by atoms with Crippen molar-refractivity contribution in [2.45, 2.75) is 13.3 Å². The highest BCUT2D eigenvalue weighted by molar-refractivity contribution is 7.11. The third-order valence-corrected chi connectivity index (χ3v) is 3.09. The second-order valence-electron chi connectivity index (χ2n) is 3.32. The van der Waals surface area contributed by atoms with Crippen molar-refractivity contribution in [2.24, 2.45) is 0 Å². The maximum Gasteiger partial charge on any atom is 0.123 e. The second kappa shape index (κ2) is 3.93. The first kappa shape index (κ1) is 9.41. The molecule has 0 bridgehead atoms. The van der Waals surface area contributed by atoms with Crippen molar-refractivity contribution < 1.29 is 4.39 Å². The van der Waals surface area contributed by atoms with Crippen LogP contribution >= 0.6 is 11.3 Å². The van der Waals surface area contributed by atoms with Crippen LogP contribution in [0.1, 0.15) is 15.3 Å². The van der Waals surface area contributed by atoms with Crippen molar-refractivity contribution in [3.63, 3.8) is 0 Å². The van der Waals surface area contributed by atoms with Crippen LogP contribution in [-0.2, 0) is 6.42 Å². The summed E-state index contributed by atoms with van der Waals surface area (Å²) >= 11 is 1.79. The molecule has 0 radical (unpaired) electrons. The zero-order valence-electron chi connectivity index (χ0n) is 7.96. The molecular weight excluding hydrogens is 195 g/mol. The monoisotopic (exact) mass is 206 g/mol. The molecule has 0 aliphatic rings. The van der Waals surface area contributed by atoms with Gasteiger partial charge in [0.25, 0.3) is 0 Å². The smallest absolute Gasteiger partial charge is 0.123 e. The molecule has 72 valence electrons. The molecular formula is C12H11FS. The highest BCUT2D eigenvalue weighted by Gasteiger charge is 1.99. The summed E-state index contributed by atoms with van der Waals surface area (Å²) < 4.78 is 12.6. The molecule has 0 fully saturated rings. The molecule has 1 heterocycles. The summed E-state index contributed by atoms with van der Waals surface area (Å²) in [5.41, 5.74) is 1.16. The SMILES string of the molecule is Cc1ccc(Cc2ccc(F)cc2)s1. The Bertz CT molecular complexity index is 414. The van der Waals surface area contributed by atoms with Gasteiger partial charge < -0.3 is 0 Å². The summed E-state index contributed by atoms with van der Waals surface area (Å²) in [7, 11) is 0. The Hall–Kier alpha value is -1.15. The van der Waals surface area contributed by atoms with E-state index in [1.807, 2.05) is 12.1 Å². The largest absolute Gasteiger partial charge is 0.207 e. The van der Waals surface area contributed by atoms with Gasteiger partial charge in [-0.3, -0.25) is 0 Å². The average molecular weight is 206 g/mol. The Balaban J connectivity index is 2.15. The molecule has 0 saturated carbocycles. The molecule has 0 aliphatic carbocycles. The summed E-state index contributed by atoms with van der Waals surface area (Å²) in [5.74, 6) is -0.170. The van der Waals surface area contributed by atoms with E-state index >= 15 is 0 Å². The van der Waals surface area contributed by atoms with Crippen molar-refractivity contribution in [2.75, 3.05) is 0 Å². The summed E-state index contributed by atoms with van der Waals surface area (Å²) in [5, 5.41) is 0. The molecule has 0 nitrogen and oxygen atoms in total. The molecule has 0 atom stereocenters. The molecule has 14 heavy (non-hydrogen) atoms. The van der Waals surface area contributed by atoms with Crippen LogP contribution in [0.3, 0.4) is 0 Å². The van der Waals surface area contributed by atoms with Gasteiger partial charge in [-0.2, -0.15) is 0 Å². The summed E-state index contributed by atoms with van der Waals surface area (Å²) in [6, 6.07) is 10.9. The highest BCUT2D eigenvalue weighted by Crippen LogP contribution is 2.18. The average Bonchev–Trinajstić information content (AvgIpc) is 2.56. The normalized spacial score (nSPS) is 10.4. The van der Waals surface area contributed by atoms with E-state index in [2.05, 4.69) is 19.1 Å². The lowest BCUT2D eigenvalue weighted by Gasteiger charge is -1.97. The topological polar surface area (TPSA) is 0 Å². The number of halogens is 1. The first-order valence-corrected chi connectivity index (χ1v) is 5.35. The number of rotatable bonds is 2. The van der Waals surface area contributed by atoms with E-state index in [0.29, 0.717) is 0 Å². The Morgan fingerprint density at radius 2 is 1.79 bits per heavy atom. The summed E-state index contributed by atoms with van der Waals surface area (Å²) in [6.07, 6.45) is 0.902. The predicted molar refractivity (Wildman–Crippen MR) is 58.3 cm³/mol. The first-order chi connectivity index (χ1) is 6.74. The van der Waals surface area contributed by atoms with Gasteiger partial charge in [0.15, 0.2) is 0 Å². The molecule has 0 saturated heterocycles. The van der Waals surface area contributed by atoms with E-state index in [1.54, 1.807) is 11.3 Å². The lowest BCUT2D eigenvalue weighted by atomic mass is 10.1. The van der Waals surface area contributed by atoms with Crippen LogP contribution in [0.2, 0.25) is 0 Å². The van der Waals surface area contributed by atoms with Crippen LogP contribution in [0.4, 0.5) is 4.39 Å². The Morgan fingerprint density at radius 3 is 2.36 bits per heavy atom. The van der Waals surface area contributed by atoms with Crippen molar-refractivity contribution in [3.05, 3.63) is 57.5 Å². The van der Waals surface area contributed by atoms with Crippen molar-refractivity contribution in [1.29, 1.82) is 0 Å². The van der Waals surface area contributed by atoms with Crippen LogP contribution in [0, 0.1) is 12.7 Å². The molecule has 0 amide bonds. The van der Waals surface area contributed by atoms with Gasteiger partial charge in [-0.15, -0.1) is 11.3 Å². The van der Waals surface area contributed by atoms with Crippen molar-refractivity contribution in [1.82, 2.24) is 0 Å². The number of thiophene rings is 1. The van der Waals surface area contributed by atoms with Gasteiger partial charge in [0, 0.05) is 16.2 Å². The van der Waals surface area contributed by atoms with E-state index in [0.717, 1.165) is 12.0 Å². The number of hydrogen-bond acceptors (Lipinski definition) is 1. The molecule has 2 heteroatoms. The highest BCUT2D eigenvalue weighted by atomic mass is 32.1. The molecule has 0 aliphatic heterocycles. The second-order valence-corrected chi connectivity index (χ2v) is 4.69. The van der Waals surface area contributed by atoms with Crippen LogP contribution in [0.15, 0.2) is 36.4 Å². The quantitative estimate of drug-likeness (QED) is 0.701. The van der Waals surface area contributed by atoms with Gasteiger partial charge >= 0.3 is 0 Å². The number of aryl methyl sites for hydroxylation is 1. The van der Waals surface area contributed by atoms with E-state index in [4.69, 9.17) is 0 Å². The van der Waals surface area contributed by atoms with E-state index < -0.39 is 0 Å². The Morgan fingerprint density at radius 1 is 1.07 bits per heavy atom. The molecule has 0 N–H and O–H groups in total. The fourth-order valence-electron chi connectivity index (χ4n) is 1.38. The van der Waals surface area contributed by atoms with Crippen LogP contribution in [0.5, 0.6) is 0 Å². The van der Waals surface area contributed by atoms with Gasteiger partial charge in [0.2, 0.25) is 0 Å². The van der Waals surface area contributed by atoms with Crippen molar-refractivity contribution in [3.8, 4) is 0 Å². The van der Waals surface area contributed by atoms with Gasteiger partial charge in [0.05, 0.1) is 0 Å². The minimum absolute atomic E-state index is 0.170. The maximum atomic E-state index is 12.6. The van der Waals surface area contributed by atoms with E-state index in [9.17, 15) is 4.39 Å². The first-order valence-electron chi connectivity index (χ1n) is 4.54. The Kier molecular flexibility index (Phi) is 2.64. The fraction of sp³-hybridized carbons (Fsp3) is 0.167. The molecule has 2 rings (SSSR count). The number of benzene rings is 1. The lowest BCUT2D eigenvalue weighted by molar-refractivity contribution is 0.627. The van der Waals surface area contributed by atoms with Gasteiger partial charge in [0.1, 0.15) is 5.82 Å². The standard InChI is InChI=1S/C12H11FS/c1-9-2-7-12(14-9)8-10-3-5-11(13)6-4-10/h2-7H,8H2,1H3. The van der Waals surface area contributed by atoms with Crippen LogP contribution < -0.4 is 0 Å². The van der Waals surface area contributed by atoms with Crippen LogP contribution in [0.25, 0.3) is 0 Å². The molecule has 2 aromatic rings. The van der Waals surface area contributed by atoms with Crippen LogP contribution in [-0.4, -0.2) is 0 Å². The van der Waals surface area contributed by atoms with Gasteiger partial charge in [-0.25, -0.2) is 4.39 Å². The maximum absolute atomic E-state index is 12.6. The zero-order valence-corrected chi connectivity index (χ0v) is 8.77. The zero-order chi connectivity index (χ0) is 9.97. The van der Waals surface area contributed by atoms with E-state index in [-0.39, 0.29) is 5.82 Å². The molecule has 0 unspecified atom stereocenters. The lowest BCUT2D eigenvalue weighted by Crippen LogP contribution is -1.84. The minimum Gasteiger partial charge on any atom is -0.207 e. The molecule has 1 aromatic carbocycles. The summed E-state index contributed by atoms with van der Waals surface area (Å²) in [4.78, 5) is 2.65.